The van der Waals surface area contributed by atoms with Gasteiger partial charge in [0.15, 0.2) is 19.0 Å². The van der Waals surface area contributed by atoms with Gasteiger partial charge in [0, 0.05) is 24.1 Å². The van der Waals surface area contributed by atoms with Crippen LogP contribution >= 0.6 is 11.6 Å². The third kappa shape index (κ3) is 4.37. The molecule has 1 aliphatic heterocycles. The van der Waals surface area contributed by atoms with Crippen LogP contribution in [0.1, 0.15) is 31.2 Å². The van der Waals surface area contributed by atoms with E-state index in [0.717, 1.165) is 12.8 Å². The number of likely N-dealkylation sites (N-methyl/N-ethyl adjacent to an activating group) is 1. The molecule has 0 radical (unpaired) electrons. The highest BCUT2D eigenvalue weighted by atomic mass is 35.5. The van der Waals surface area contributed by atoms with E-state index in [1.807, 2.05) is 0 Å². The third-order valence-corrected chi connectivity index (χ3v) is 6.70. The Bertz CT molecular complexity index is 1140. The van der Waals surface area contributed by atoms with Gasteiger partial charge in [0.1, 0.15) is 17.8 Å². The highest BCUT2D eigenvalue weighted by Gasteiger charge is 2.48. The van der Waals surface area contributed by atoms with Crippen LogP contribution < -0.4 is 9.64 Å². The van der Waals surface area contributed by atoms with Crippen LogP contribution in [0.15, 0.2) is 48.5 Å². The Morgan fingerprint density at radius 2 is 1.85 bits per heavy atom. The van der Waals surface area contributed by atoms with Gasteiger partial charge in [-0.1, -0.05) is 41.9 Å². The van der Waals surface area contributed by atoms with Crippen LogP contribution in [0.25, 0.3) is 0 Å². The number of benzene rings is 2. The molecule has 8 nitrogen and oxygen atoms in total. The van der Waals surface area contributed by atoms with E-state index in [9.17, 15) is 19.2 Å². The van der Waals surface area contributed by atoms with E-state index in [-0.39, 0.29) is 24.8 Å². The van der Waals surface area contributed by atoms with Crippen molar-refractivity contribution in [2.75, 3.05) is 31.7 Å². The van der Waals surface area contributed by atoms with Gasteiger partial charge in [-0.15, -0.1) is 0 Å². The Kier molecular flexibility index (Phi) is 6.88. The summed E-state index contributed by atoms with van der Waals surface area (Å²) in [6.07, 6.45) is 2.27. The SMILES string of the molecule is CN(C(=O)COC(=O)CN1C(=O)COc2ccccc21)C1(c2ccccc2Cl)CCCCC1=O. The molecule has 0 bridgehead atoms. The zero-order valence-electron chi connectivity index (χ0n) is 18.8. The van der Waals surface area contributed by atoms with Crippen LogP contribution in [0, 0.1) is 0 Å². The molecule has 2 amide bonds. The molecular formula is C25H25ClN2O6. The summed E-state index contributed by atoms with van der Waals surface area (Å²) in [6, 6.07) is 13.9. The van der Waals surface area contributed by atoms with Crippen molar-refractivity contribution in [3.63, 3.8) is 0 Å². The number of carbonyl (C=O) groups excluding carboxylic acids is 4. The topological polar surface area (TPSA) is 93.2 Å². The number of hydrogen-bond acceptors (Lipinski definition) is 6. The van der Waals surface area contributed by atoms with Crippen molar-refractivity contribution < 1.29 is 28.7 Å². The van der Waals surface area contributed by atoms with Crippen LogP contribution in [-0.4, -0.2) is 55.3 Å². The number of ether oxygens (including phenoxy) is 2. The number of carbonyl (C=O) groups is 4. The molecular weight excluding hydrogens is 460 g/mol. The summed E-state index contributed by atoms with van der Waals surface area (Å²) >= 11 is 6.43. The first-order valence-corrected chi connectivity index (χ1v) is 11.4. The molecule has 178 valence electrons. The summed E-state index contributed by atoms with van der Waals surface area (Å²) in [5, 5.41) is 0.402. The predicted molar refractivity (Wildman–Crippen MR) is 125 cm³/mol. The number of nitrogens with zero attached hydrogens (tertiary/aromatic N) is 2. The van der Waals surface area contributed by atoms with Crippen molar-refractivity contribution in [3.8, 4) is 5.75 Å². The summed E-state index contributed by atoms with van der Waals surface area (Å²) in [5.41, 5.74) is -0.178. The second-order valence-corrected chi connectivity index (χ2v) is 8.73. The number of anilines is 1. The summed E-state index contributed by atoms with van der Waals surface area (Å²) in [6.45, 7) is -1.10. The Labute approximate surface area is 202 Å². The minimum atomic E-state index is -1.21. The lowest BCUT2D eigenvalue weighted by Gasteiger charge is -2.43. The smallest absolute Gasteiger partial charge is 0.326 e. The van der Waals surface area contributed by atoms with Gasteiger partial charge in [-0.05, 0) is 37.5 Å². The van der Waals surface area contributed by atoms with Crippen LogP contribution in [0.3, 0.4) is 0 Å². The van der Waals surface area contributed by atoms with E-state index in [2.05, 4.69) is 0 Å². The Balaban J connectivity index is 1.47. The number of halogens is 1. The monoisotopic (exact) mass is 484 g/mol. The molecule has 34 heavy (non-hydrogen) atoms. The van der Waals surface area contributed by atoms with Crippen LogP contribution in [0.4, 0.5) is 5.69 Å². The zero-order chi connectivity index (χ0) is 24.3. The van der Waals surface area contributed by atoms with E-state index in [4.69, 9.17) is 21.1 Å². The Morgan fingerprint density at radius 3 is 2.62 bits per heavy atom. The Hall–Kier alpha value is -3.39. The molecule has 2 aromatic carbocycles. The van der Waals surface area contributed by atoms with Gasteiger partial charge in [0.2, 0.25) is 0 Å². The minimum Gasteiger partial charge on any atom is -0.482 e. The number of rotatable bonds is 6. The second-order valence-electron chi connectivity index (χ2n) is 8.32. The van der Waals surface area contributed by atoms with Crippen molar-refractivity contribution >= 4 is 40.9 Å². The lowest BCUT2D eigenvalue weighted by atomic mass is 9.74. The molecule has 9 heteroatoms. The largest absolute Gasteiger partial charge is 0.482 e. The number of hydrogen-bond donors (Lipinski definition) is 0. The molecule has 0 aromatic heterocycles. The molecule has 4 rings (SSSR count). The maximum atomic E-state index is 13.2. The molecule has 1 aliphatic carbocycles. The summed E-state index contributed by atoms with van der Waals surface area (Å²) in [5.74, 6) is -1.26. The van der Waals surface area contributed by atoms with E-state index >= 15 is 0 Å². The van der Waals surface area contributed by atoms with Gasteiger partial charge in [-0.25, -0.2) is 0 Å². The highest BCUT2D eigenvalue weighted by molar-refractivity contribution is 6.31. The third-order valence-electron chi connectivity index (χ3n) is 6.37. The second kappa shape index (κ2) is 9.85. The zero-order valence-corrected chi connectivity index (χ0v) is 19.5. The summed E-state index contributed by atoms with van der Waals surface area (Å²) in [4.78, 5) is 53.7. The molecule has 0 spiro atoms. The van der Waals surface area contributed by atoms with E-state index in [1.54, 1.807) is 48.5 Å². The first-order chi connectivity index (χ1) is 16.3. The lowest BCUT2D eigenvalue weighted by Crippen LogP contribution is -2.55. The van der Waals surface area contributed by atoms with Gasteiger partial charge in [0.05, 0.1) is 5.69 Å². The van der Waals surface area contributed by atoms with Gasteiger partial charge in [0.25, 0.3) is 11.8 Å². The van der Waals surface area contributed by atoms with Crippen LogP contribution in [-0.2, 0) is 29.5 Å². The molecule has 0 saturated heterocycles. The van der Waals surface area contributed by atoms with Gasteiger partial charge in [-0.2, -0.15) is 0 Å². The van der Waals surface area contributed by atoms with Crippen LogP contribution in [0.2, 0.25) is 5.02 Å². The number of amides is 2. The van der Waals surface area contributed by atoms with Crippen molar-refractivity contribution in [1.82, 2.24) is 4.90 Å². The van der Waals surface area contributed by atoms with Crippen molar-refractivity contribution in [2.45, 2.75) is 31.2 Å². The summed E-state index contributed by atoms with van der Waals surface area (Å²) < 4.78 is 10.6. The average molecular weight is 485 g/mol. The fourth-order valence-corrected chi connectivity index (χ4v) is 4.88. The molecule has 2 aromatic rings. The normalized spacial score (nSPS) is 19.8. The first kappa shape index (κ1) is 23.8. The number of para-hydroxylation sites is 2. The molecule has 1 unspecified atom stereocenters. The fourth-order valence-electron chi connectivity index (χ4n) is 4.58. The molecule has 0 N–H and O–H groups in total. The van der Waals surface area contributed by atoms with E-state index < -0.39 is 24.0 Å². The van der Waals surface area contributed by atoms with Crippen molar-refractivity contribution in [2.24, 2.45) is 0 Å². The van der Waals surface area contributed by atoms with Crippen molar-refractivity contribution in [1.29, 1.82) is 0 Å². The molecule has 1 atom stereocenters. The van der Waals surface area contributed by atoms with Crippen LogP contribution in [0.5, 0.6) is 5.75 Å². The quantitative estimate of drug-likeness (QED) is 0.585. The van der Waals surface area contributed by atoms with Gasteiger partial charge in [-0.3, -0.25) is 24.1 Å². The van der Waals surface area contributed by atoms with E-state index in [1.165, 1.54) is 16.8 Å². The minimum absolute atomic E-state index is 0.0930. The maximum absolute atomic E-state index is 13.2. The molecule has 2 aliphatic rings. The van der Waals surface area contributed by atoms with Crippen molar-refractivity contribution in [3.05, 3.63) is 59.1 Å². The van der Waals surface area contributed by atoms with E-state index in [0.29, 0.717) is 34.9 Å². The van der Waals surface area contributed by atoms with Gasteiger partial charge < -0.3 is 14.4 Å². The lowest BCUT2D eigenvalue weighted by molar-refractivity contribution is -0.157. The maximum Gasteiger partial charge on any atom is 0.326 e. The predicted octanol–water partition coefficient (Wildman–Crippen LogP) is 3.11. The highest BCUT2D eigenvalue weighted by Crippen LogP contribution is 2.42. The number of Topliss-reactive ketones (excluding diaryl/α,β-unsaturated/α-hetero) is 1. The molecule has 1 heterocycles. The fraction of sp³-hybridized carbons (Fsp3) is 0.360. The molecule has 1 fully saturated rings. The number of ketones is 1. The number of esters is 1. The average Bonchev–Trinajstić information content (AvgIpc) is 2.85. The standard InChI is InChI=1S/C25H25ClN2O6/c1-27(25(13-7-6-12-21(25)29)17-8-2-3-9-18(17)26)22(30)15-34-24(32)14-28-19-10-4-5-11-20(19)33-16-23(28)31/h2-5,8-11H,6-7,12-16H2,1H3. The molecule has 1 saturated carbocycles. The Morgan fingerprint density at radius 1 is 1.12 bits per heavy atom. The van der Waals surface area contributed by atoms with Gasteiger partial charge >= 0.3 is 5.97 Å². The number of fused-ring (bicyclic) bond motifs is 1. The summed E-state index contributed by atoms with van der Waals surface area (Å²) in [7, 11) is 1.53. The first-order valence-electron chi connectivity index (χ1n) is 11.1.